The Morgan fingerprint density at radius 1 is 1.13 bits per heavy atom. The number of benzene rings is 2. The summed E-state index contributed by atoms with van der Waals surface area (Å²) in [4.78, 5) is 33.7. The first-order valence-electron chi connectivity index (χ1n) is 8.29. The van der Waals surface area contributed by atoms with Crippen LogP contribution in [-0.4, -0.2) is 23.0 Å². The van der Waals surface area contributed by atoms with Gasteiger partial charge in [-0.25, -0.2) is 5.43 Å². The maximum Gasteiger partial charge on any atom is 0.416 e. The molecule has 0 saturated carbocycles. The van der Waals surface area contributed by atoms with Crippen molar-refractivity contribution in [2.75, 3.05) is 5.32 Å². The average Bonchev–Trinajstić information content (AvgIpc) is 2.67. The van der Waals surface area contributed by atoms with E-state index in [1.54, 1.807) is 0 Å². The van der Waals surface area contributed by atoms with Crippen LogP contribution < -0.4 is 10.7 Å². The number of alkyl halides is 3. The van der Waals surface area contributed by atoms with Gasteiger partial charge in [0.2, 0.25) is 11.8 Å². The minimum absolute atomic E-state index is 0.0812. The molecule has 8 nitrogen and oxygen atoms in total. The number of nitro groups is 1. The lowest BCUT2D eigenvalue weighted by Crippen LogP contribution is -2.21. The minimum Gasteiger partial charge on any atom is -0.325 e. The Labute approximate surface area is 172 Å². The predicted molar refractivity (Wildman–Crippen MR) is 103 cm³/mol. The second-order valence-corrected chi connectivity index (χ2v) is 6.29. The van der Waals surface area contributed by atoms with Crippen molar-refractivity contribution < 1.29 is 27.7 Å². The molecule has 2 rings (SSSR count). The maximum absolute atomic E-state index is 12.7. The van der Waals surface area contributed by atoms with E-state index >= 15 is 0 Å². The third kappa shape index (κ3) is 6.85. The van der Waals surface area contributed by atoms with E-state index in [1.807, 2.05) is 0 Å². The lowest BCUT2D eigenvalue weighted by Gasteiger charge is -2.11. The molecule has 0 radical (unpaired) electrons. The van der Waals surface area contributed by atoms with Crippen LogP contribution in [0.3, 0.4) is 0 Å². The van der Waals surface area contributed by atoms with Gasteiger partial charge < -0.3 is 5.32 Å². The standard InChI is InChI=1S/C18H14ClF3N4O4/c19-14-5-4-12(18(20,21)22)9-15(14)24-16(27)6-7-17(28)25-23-10-11-2-1-3-13(8-11)26(29)30/h1-5,8-10H,6-7H2,(H,24,27)(H,25,28)/b23-10+. The van der Waals surface area contributed by atoms with Crippen LogP contribution in [0.2, 0.25) is 5.02 Å². The first-order chi connectivity index (χ1) is 14.1. The van der Waals surface area contributed by atoms with Gasteiger partial charge in [-0.15, -0.1) is 0 Å². The first-order valence-corrected chi connectivity index (χ1v) is 8.67. The fourth-order valence-electron chi connectivity index (χ4n) is 2.19. The summed E-state index contributed by atoms with van der Waals surface area (Å²) in [6, 6.07) is 8.02. The number of nitro benzene ring substituents is 1. The van der Waals surface area contributed by atoms with Gasteiger partial charge in [-0.1, -0.05) is 23.7 Å². The number of hydrogen-bond acceptors (Lipinski definition) is 5. The van der Waals surface area contributed by atoms with E-state index in [9.17, 15) is 32.9 Å². The van der Waals surface area contributed by atoms with E-state index in [-0.39, 0.29) is 29.2 Å². The summed E-state index contributed by atoms with van der Waals surface area (Å²) < 4.78 is 38.2. The van der Waals surface area contributed by atoms with Crippen LogP contribution in [-0.2, 0) is 15.8 Å². The summed E-state index contributed by atoms with van der Waals surface area (Å²) in [5.74, 6) is -1.35. The van der Waals surface area contributed by atoms with Crippen LogP contribution in [0, 0.1) is 10.1 Å². The van der Waals surface area contributed by atoms with Crippen molar-refractivity contribution in [3.8, 4) is 0 Å². The van der Waals surface area contributed by atoms with Crippen molar-refractivity contribution in [3.05, 3.63) is 68.7 Å². The number of nitrogens with one attached hydrogen (secondary N) is 2. The molecule has 0 unspecified atom stereocenters. The lowest BCUT2D eigenvalue weighted by molar-refractivity contribution is -0.384. The zero-order chi connectivity index (χ0) is 22.3. The van der Waals surface area contributed by atoms with Gasteiger partial charge in [-0.2, -0.15) is 18.3 Å². The number of carbonyl (C=O) groups excluding carboxylic acids is 2. The summed E-state index contributed by atoms with van der Waals surface area (Å²) in [7, 11) is 0. The molecular formula is C18H14ClF3N4O4. The highest BCUT2D eigenvalue weighted by Crippen LogP contribution is 2.33. The number of amides is 2. The molecule has 0 heterocycles. The number of rotatable bonds is 7. The van der Waals surface area contributed by atoms with Crippen molar-refractivity contribution in [2.24, 2.45) is 5.10 Å². The molecule has 2 aromatic carbocycles. The SMILES string of the molecule is O=C(CCC(=O)Nc1cc(C(F)(F)F)ccc1Cl)N/N=C/c1cccc([N+](=O)[O-])c1. The number of carbonyl (C=O) groups is 2. The number of non-ortho nitro benzene ring substituents is 1. The molecule has 12 heteroatoms. The van der Waals surface area contributed by atoms with Gasteiger partial charge in [-0.3, -0.25) is 19.7 Å². The van der Waals surface area contributed by atoms with Crippen LogP contribution >= 0.6 is 11.6 Å². The number of anilines is 1. The summed E-state index contributed by atoms with van der Waals surface area (Å²) in [5.41, 5.74) is 1.18. The molecule has 0 fully saturated rings. The summed E-state index contributed by atoms with van der Waals surface area (Å²) in [5, 5.41) is 16.5. The van der Waals surface area contributed by atoms with Crippen molar-refractivity contribution in [1.82, 2.24) is 5.43 Å². The number of hydrazone groups is 1. The van der Waals surface area contributed by atoms with Gasteiger partial charge in [0.05, 0.1) is 27.4 Å². The largest absolute Gasteiger partial charge is 0.416 e. The Morgan fingerprint density at radius 3 is 2.50 bits per heavy atom. The quantitative estimate of drug-likeness (QED) is 0.381. The van der Waals surface area contributed by atoms with Crippen LogP contribution in [0.5, 0.6) is 0 Å². The van der Waals surface area contributed by atoms with E-state index < -0.39 is 28.5 Å². The topological polar surface area (TPSA) is 114 Å². The fourth-order valence-corrected chi connectivity index (χ4v) is 2.36. The Balaban J connectivity index is 1.86. The highest BCUT2D eigenvalue weighted by atomic mass is 35.5. The van der Waals surface area contributed by atoms with E-state index in [2.05, 4.69) is 15.8 Å². The van der Waals surface area contributed by atoms with Crippen LogP contribution in [0.15, 0.2) is 47.6 Å². The molecule has 0 aliphatic heterocycles. The van der Waals surface area contributed by atoms with E-state index in [0.29, 0.717) is 11.6 Å². The molecule has 0 aliphatic rings. The van der Waals surface area contributed by atoms with Gasteiger partial charge in [0.25, 0.3) is 5.69 Å². The lowest BCUT2D eigenvalue weighted by atomic mass is 10.2. The predicted octanol–water partition coefficient (Wildman–Crippen LogP) is 4.14. The van der Waals surface area contributed by atoms with Gasteiger partial charge >= 0.3 is 6.18 Å². The van der Waals surface area contributed by atoms with E-state index in [4.69, 9.17) is 11.6 Å². The molecular weight excluding hydrogens is 429 g/mol. The molecule has 30 heavy (non-hydrogen) atoms. The Bertz CT molecular complexity index is 996. The monoisotopic (exact) mass is 442 g/mol. The molecule has 2 amide bonds. The van der Waals surface area contributed by atoms with Gasteiger partial charge in [-0.05, 0) is 18.2 Å². The molecule has 0 bridgehead atoms. The van der Waals surface area contributed by atoms with E-state index in [0.717, 1.165) is 12.1 Å². The molecule has 158 valence electrons. The van der Waals surface area contributed by atoms with Gasteiger partial charge in [0, 0.05) is 30.5 Å². The Morgan fingerprint density at radius 2 is 1.83 bits per heavy atom. The third-order valence-corrected chi connectivity index (χ3v) is 3.96. The number of halogens is 4. The van der Waals surface area contributed by atoms with Crippen LogP contribution in [0.1, 0.15) is 24.0 Å². The zero-order valence-corrected chi connectivity index (χ0v) is 15.8. The highest BCUT2D eigenvalue weighted by molar-refractivity contribution is 6.33. The Hall–Kier alpha value is -3.47. The molecule has 2 N–H and O–H groups in total. The minimum atomic E-state index is -4.60. The van der Waals surface area contributed by atoms with Gasteiger partial charge in [0.15, 0.2) is 0 Å². The summed E-state index contributed by atoms with van der Waals surface area (Å²) >= 11 is 5.79. The fraction of sp³-hybridized carbons (Fsp3) is 0.167. The van der Waals surface area contributed by atoms with Crippen molar-refractivity contribution >= 4 is 41.0 Å². The number of nitrogens with zero attached hydrogens (tertiary/aromatic N) is 2. The van der Waals surface area contributed by atoms with Crippen molar-refractivity contribution in [2.45, 2.75) is 19.0 Å². The third-order valence-electron chi connectivity index (χ3n) is 3.63. The second kappa shape index (κ2) is 9.83. The summed E-state index contributed by atoms with van der Waals surface area (Å²) in [6.07, 6.45) is -4.03. The first kappa shape index (κ1) is 22.8. The Kier molecular flexibility index (Phi) is 7.48. The average molecular weight is 443 g/mol. The van der Waals surface area contributed by atoms with Crippen molar-refractivity contribution in [1.29, 1.82) is 0 Å². The summed E-state index contributed by atoms with van der Waals surface area (Å²) in [6.45, 7) is 0. The smallest absolute Gasteiger partial charge is 0.325 e. The molecule has 0 spiro atoms. The molecule has 2 aromatic rings. The van der Waals surface area contributed by atoms with Crippen LogP contribution in [0.25, 0.3) is 0 Å². The molecule has 0 aliphatic carbocycles. The van der Waals surface area contributed by atoms with Gasteiger partial charge in [0.1, 0.15) is 0 Å². The molecule has 0 atom stereocenters. The van der Waals surface area contributed by atoms with Crippen molar-refractivity contribution in [3.63, 3.8) is 0 Å². The maximum atomic E-state index is 12.7. The zero-order valence-electron chi connectivity index (χ0n) is 15.1. The number of hydrogen-bond donors (Lipinski definition) is 2. The highest BCUT2D eigenvalue weighted by Gasteiger charge is 2.31. The normalized spacial score (nSPS) is 11.3. The molecule has 0 saturated heterocycles. The second-order valence-electron chi connectivity index (χ2n) is 5.89. The molecule has 0 aromatic heterocycles. The van der Waals surface area contributed by atoms with Crippen LogP contribution in [0.4, 0.5) is 24.5 Å². The van der Waals surface area contributed by atoms with E-state index in [1.165, 1.54) is 30.5 Å².